The summed E-state index contributed by atoms with van der Waals surface area (Å²) in [4.78, 5) is 26.8. The number of hydrogen-bond donors (Lipinski definition) is 1. The third kappa shape index (κ3) is 4.76. The third-order valence-corrected chi connectivity index (χ3v) is 4.59. The summed E-state index contributed by atoms with van der Waals surface area (Å²) >= 11 is 0. The van der Waals surface area contributed by atoms with Gasteiger partial charge in [0, 0.05) is 18.3 Å². The molecule has 0 bridgehead atoms. The summed E-state index contributed by atoms with van der Waals surface area (Å²) in [5.74, 6) is 0.794. The summed E-state index contributed by atoms with van der Waals surface area (Å²) < 4.78 is 12.2. The van der Waals surface area contributed by atoms with Gasteiger partial charge in [-0.1, -0.05) is 6.42 Å². The van der Waals surface area contributed by atoms with E-state index in [0.29, 0.717) is 18.8 Å². The van der Waals surface area contributed by atoms with Crippen molar-refractivity contribution in [1.29, 1.82) is 0 Å². The van der Waals surface area contributed by atoms with E-state index in [0.717, 1.165) is 18.8 Å². The average Bonchev–Trinajstić information content (AvgIpc) is 3.16. The predicted molar refractivity (Wildman–Crippen MR) is 96.9 cm³/mol. The Morgan fingerprint density at radius 1 is 1.31 bits per heavy atom. The van der Waals surface area contributed by atoms with Gasteiger partial charge < -0.3 is 19.0 Å². The monoisotopic (exact) mass is 359 g/mol. The Morgan fingerprint density at radius 3 is 2.81 bits per heavy atom. The number of nitrogens with zero attached hydrogens (tertiary/aromatic N) is 2. The first-order chi connectivity index (χ1) is 12.7. The highest BCUT2D eigenvalue weighted by Crippen LogP contribution is 2.14. The van der Waals surface area contributed by atoms with Crippen LogP contribution < -0.4 is 15.5 Å². The highest BCUT2D eigenvalue weighted by molar-refractivity contribution is 5.75. The van der Waals surface area contributed by atoms with Gasteiger partial charge in [-0.15, -0.1) is 0 Å². The number of pyridine rings is 1. The molecule has 0 saturated carbocycles. The highest BCUT2D eigenvalue weighted by atomic mass is 16.5. The lowest BCUT2D eigenvalue weighted by Gasteiger charge is -2.27. The van der Waals surface area contributed by atoms with Crippen molar-refractivity contribution < 1.29 is 13.9 Å². The van der Waals surface area contributed by atoms with E-state index >= 15 is 0 Å². The van der Waals surface area contributed by atoms with E-state index in [-0.39, 0.29) is 23.6 Å². The zero-order valence-corrected chi connectivity index (χ0v) is 15.1. The molecule has 7 nitrogen and oxygen atoms in total. The predicted octanol–water partition coefficient (Wildman–Crippen LogP) is 1.75. The number of hydrogen-bond acceptors (Lipinski definition) is 5. The van der Waals surface area contributed by atoms with Crippen LogP contribution in [0, 0.1) is 0 Å². The van der Waals surface area contributed by atoms with Crippen LogP contribution >= 0.6 is 0 Å². The summed E-state index contributed by atoms with van der Waals surface area (Å²) in [5.41, 5.74) is 0.664. The van der Waals surface area contributed by atoms with Gasteiger partial charge in [-0.05, 0) is 38.1 Å². The fourth-order valence-electron chi connectivity index (χ4n) is 3.19. The molecule has 2 aromatic rings. The molecule has 0 radical (unpaired) electrons. The lowest BCUT2D eigenvalue weighted by atomic mass is 10.1. The van der Waals surface area contributed by atoms with Crippen molar-refractivity contribution in [2.24, 2.45) is 0 Å². The van der Waals surface area contributed by atoms with Gasteiger partial charge in [0.15, 0.2) is 5.75 Å². The summed E-state index contributed by atoms with van der Waals surface area (Å²) in [6.07, 6.45) is 6.79. The lowest BCUT2D eigenvalue weighted by Crippen LogP contribution is -2.33. The second-order valence-electron chi connectivity index (χ2n) is 6.52. The van der Waals surface area contributed by atoms with Crippen LogP contribution in [0.4, 0.5) is 0 Å². The van der Waals surface area contributed by atoms with E-state index in [1.165, 1.54) is 26.4 Å². The van der Waals surface area contributed by atoms with Gasteiger partial charge in [0.1, 0.15) is 12.3 Å². The lowest BCUT2D eigenvalue weighted by molar-refractivity contribution is -0.122. The van der Waals surface area contributed by atoms with Crippen molar-refractivity contribution in [2.45, 2.75) is 38.9 Å². The highest BCUT2D eigenvalue weighted by Gasteiger charge is 2.15. The normalized spacial score (nSPS) is 15.0. The molecule has 1 aliphatic heterocycles. The molecule has 0 unspecified atom stereocenters. The van der Waals surface area contributed by atoms with Crippen LogP contribution in [0.2, 0.25) is 0 Å². The zero-order chi connectivity index (χ0) is 18.4. The van der Waals surface area contributed by atoms with Crippen molar-refractivity contribution >= 4 is 5.91 Å². The molecule has 2 aromatic heterocycles. The van der Waals surface area contributed by atoms with Gasteiger partial charge in [-0.25, -0.2) is 0 Å². The average molecular weight is 359 g/mol. The summed E-state index contributed by atoms with van der Waals surface area (Å²) in [7, 11) is 1.46. The smallest absolute Gasteiger partial charge is 0.240 e. The van der Waals surface area contributed by atoms with E-state index in [1.807, 2.05) is 6.07 Å². The number of likely N-dealkylation sites (tertiary alicyclic amines) is 1. The number of furan rings is 1. The minimum Gasteiger partial charge on any atom is -0.491 e. The maximum absolute atomic E-state index is 12.3. The zero-order valence-electron chi connectivity index (χ0n) is 15.1. The van der Waals surface area contributed by atoms with Crippen molar-refractivity contribution in [3.8, 4) is 5.75 Å². The second kappa shape index (κ2) is 8.71. The summed E-state index contributed by atoms with van der Waals surface area (Å²) in [6, 6.07) is 5.17. The van der Waals surface area contributed by atoms with Gasteiger partial charge in [-0.3, -0.25) is 14.5 Å². The van der Waals surface area contributed by atoms with Crippen LogP contribution in [0.1, 0.15) is 30.7 Å². The number of ether oxygens (including phenoxy) is 1. The Hall–Kier alpha value is -2.54. The number of piperidine rings is 1. The molecule has 1 amide bonds. The Balaban J connectivity index is 1.72. The quantitative estimate of drug-likeness (QED) is 0.815. The second-order valence-corrected chi connectivity index (χ2v) is 6.52. The SMILES string of the molecule is COc1cn(CC(=O)NCc2ccco2)c(CN2CCCCC2)cc1=O. The molecular weight excluding hydrogens is 334 g/mol. The van der Waals surface area contributed by atoms with E-state index in [4.69, 9.17) is 9.15 Å². The molecule has 1 aliphatic rings. The van der Waals surface area contributed by atoms with Crippen LogP contribution in [0.15, 0.2) is 39.9 Å². The number of methoxy groups -OCH3 is 1. The molecule has 3 rings (SSSR count). The standard InChI is InChI=1S/C19H25N3O4/c1-25-18-13-22(14-19(24)20-11-16-6-5-9-26-16)15(10-17(18)23)12-21-7-3-2-4-8-21/h5-6,9-10,13H,2-4,7-8,11-12,14H2,1H3,(H,20,24). The molecule has 0 spiro atoms. The van der Waals surface area contributed by atoms with E-state index in [1.54, 1.807) is 29.2 Å². The molecule has 3 heterocycles. The molecule has 26 heavy (non-hydrogen) atoms. The van der Waals surface area contributed by atoms with Crippen molar-refractivity contribution in [3.63, 3.8) is 0 Å². The van der Waals surface area contributed by atoms with Crippen molar-refractivity contribution in [3.05, 3.63) is 52.3 Å². The van der Waals surface area contributed by atoms with E-state index in [2.05, 4.69) is 10.2 Å². The van der Waals surface area contributed by atoms with Gasteiger partial charge in [0.25, 0.3) is 0 Å². The Morgan fingerprint density at radius 2 is 2.12 bits per heavy atom. The van der Waals surface area contributed by atoms with Gasteiger partial charge in [-0.2, -0.15) is 0 Å². The number of rotatable bonds is 7. The fourth-order valence-corrected chi connectivity index (χ4v) is 3.19. The number of carbonyl (C=O) groups is 1. The minimum absolute atomic E-state index is 0.126. The van der Waals surface area contributed by atoms with Crippen molar-refractivity contribution in [1.82, 2.24) is 14.8 Å². The van der Waals surface area contributed by atoms with Gasteiger partial charge in [0.2, 0.25) is 11.3 Å². The molecule has 0 aliphatic carbocycles. The topological polar surface area (TPSA) is 76.7 Å². The van der Waals surface area contributed by atoms with Crippen LogP contribution in [-0.4, -0.2) is 35.6 Å². The van der Waals surface area contributed by atoms with Crippen LogP contribution in [0.3, 0.4) is 0 Å². The van der Waals surface area contributed by atoms with Crippen molar-refractivity contribution in [2.75, 3.05) is 20.2 Å². The van der Waals surface area contributed by atoms with Gasteiger partial charge >= 0.3 is 0 Å². The molecule has 1 N–H and O–H groups in total. The molecule has 1 saturated heterocycles. The Kier molecular flexibility index (Phi) is 6.12. The maximum Gasteiger partial charge on any atom is 0.240 e. The first-order valence-electron chi connectivity index (χ1n) is 8.94. The minimum atomic E-state index is -0.160. The molecule has 140 valence electrons. The fraction of sp³-hybridized carbons (Fsp3) is 0.474. The number of nitrogens with one attached hydrogen (secondary N) is 1. The Labute approximate surface area is 152 Å². The van der Waals surface area contributed by atoms with Crippen LogP contribution in [0.25, 0.3) is 0 Å². The molecule has 7 heteroatoms. The number of aromatic nitrogens is 1. The summed E-state index contributed by atoms with van der Waals surface area (Å²) in [6.45, 7) is 3.16. The number of amides is 1. The number of carbonyl (C=O) groups excluding carboxylic acids is 1. The molecule has 0 atom stereocenters. The van der Waals surface area contributed by atoms with Crippen LogP contribution in [0.5, 0.6) is 5.75 Å². The maximum atomic E-state index is 12.3. The molecular formula is C19H25N3O4. The first-order valence-corrected chi connectivity index (χ1v) is 8.94. The Bertz CT molecular complexity index is 777. The first kappa shape index (κ1) is 18.3. The molecule has 1 fully saturated rings. The van der Waals surface area contributed by atoms with Crippen LogP contribution in [-0.2, 0) is 24.4 Å². The third-order valence-electron chi connectivity index (χ3n) is 4.59. The molecule has 0 aromatic carbocycles. The summed E-state index contributed by atoms with van der Waals surface area (Å²) in [5, 5.41) is 2.83. The van der Waals surface area contributed by atoms with E-state index < -0.39 is 0 Å². The van der Waals surface area contributed by atoms with Gasteiger partial charge in [0.05, 0.1) is 26.1 Å². The largest absolute Gasteiger partial charge is 0.491 e. The van der Waals surface area contributed by atoms with E-state index in [9.17, 15) is 9.59 Å².